The Balaban J connectivity index is 2.15. The van der Waals surface area contributed by atoms with Crippen LogP contribution < -0.4 is 5.32 Å². The monoisotopic (exact) mass is 263 g/mol. The highest BCUT2D eigenvalue weighted by atomic mass is 19.1. The van der Waals surface area contributed by atoms with Crippen molar-refractivity contribution in [1.29, 1.82) is 0 Å². The van der Waals surface area contributed by atoms with Crippen LogP contribution in [-0.2, 0) is 0 Å². The Kier molecular flexibility index (Phi) is 5.38. The van der Waals surface area contributed by atoms with Crippen molar-refractivity contribution in [2.24, 2.45) is 5.92 Å². The van der Waals surface area contributed by atoms with E-state index < -0.39 is 0 Å². The summed E-state index contributed by atoms with van der Waals surface area (Å²) < 4.78 is 14.1. The lowest BCUT2D eigenvalue weighted by Crippen LogP contribution is -2.32. The van der Waals surface area contributed by atoms with Crippen LogP contribution in [0.4, 0.5) is 4.39 Å². The number of nitrogens with one attached hydrogen (secondary N) is 1. The standard InChI is InChI=1S/C17H26FN/c1-13(2)19-12-16(14-8-4-3-5-9-14)15-10-6-7-11-17(15)18/h6-7,10-11,13-14,16,19H,3-5,8-9,12H2,1-2H3. The molecular formula is C17H26FN. The van der Waals surface area contributed by atoms with Gasteiger partial charge in [0.25, 0.3) is 0 Å². The van der Waals surface area contributed by atoms with E-state index in [1.807, 2.05) is 12.1 Å². The lowest BCUT2D eigenvalue weighted by molar-refractivity contribution is 0.288. The molecule has 2 rings (SSSR count). The summed E-state index contributed by atoms with van der Waals surface area (Å²) in [5.41, 5.74) is 0.905. The quantitative estimate of drug-likeness (QED) is 0.825. The van der Waals surface area contributed by atoms with Gasteiger partial charge in [0.15, 0.2) is 0 Å². The molecule has 1 unspecified atom stereocenters. The molecule has 2 heteroatoms. The Morgan fingerprint density at radius 3 is 2.47 bits per heavy atom. The van der Waals surface area contributed by atoms with Gasteiger partial charge in [-0.3, -0.25) is 0 Å². The minimum atomic E-state index is -0.0383. The van der Waals surface area contributed by atoms with Crippen molar-refractivity contribution in [3.8, 4) is 0 Å². The van der Waals surface area contributed by atoms with Crippen LogP contribution in [0.5, 0.6) is 0 Å². The summed E-state index contributed by atoms with van der Waals surface area (Å²) in [4.78, 5) is 0. The second-order valence-electron chi connectivity index (χ2n) is 6.09. The summed E-state index contributed by atoms with van der Waals surface area (Å²) >= 11 is 0. The molecule has 0 radical (unpaired) electrons. The van der Waals surface area contributed by atoms with Gasteiger partial charge in [-0.1, -0.05) is 51.3 Å². The fraction of sp³-hybridized carbons (Fsp3) is 0.647. The van der Waals surface area contributed by atoms with Gasteiger partial charge >= 0.3 is 0 Å². The molecule has 1 aromatic rings. The zero-order valence-corrected chi connectivity index (χ0v) is 12.2. The first-order valence-electron chi connectivity index (χ1n) is 7.66. The van der Waals surface area contributed by atoms with Gasteiger partial charge in [0.2, 0.25) is 0 Å². The second-order valence-corrected chi connectivity index (χ2v) is 6.09. The molecular weight excluding hydrogens is 237 g/mol. The molecule has 1 N–H and O–H groups in total. The fourth-order valence-corrected chi connectivity index (χ4v) is 3.21. The highest BCUT2D eigenvalue weighted by Crippen LogP contribution is 2.36. The SMILES string of the molecule is CC(C)NCC(c1ccccc1F)C1CCCCC1. The van der Waals surface area contributed by atoms with Gasteiger partial charge in [-0.15, -0.1) is 0 Å². The molecule has 0 heterocycles. The van der Waals surface area contributed by atoms with Crippen LogP contribution in [0.25, 0.3) is 0 Å². The van der Waals surface area contributed by atoms with E-state index in [0.717, 1.165) is 12.1 Å². The first-order valence-corrected chi connectivity index (χ1v) is 7.66. The molecule has 106 valence electrons. The molecule has 19 heavy (non-hydrogen) atoms. The molecule has 1 aliphatic rings. The molecule has 1 saturated carbocycles. The van der Waals surface area contributed by atoms with Crippen LogP contribution in [0.15, 0.2) is 24.3 Å². The van der Waals surface area contributed by atoms with E-state index in [9.17, 15) is 4.39 Å². The minimum Gasteiger partial charge on any atom is -0.314 e. The third-order valence-corrected chi connectivity index (χ3v) is 4.27. The Bertz CT molecular complexity index is 383. The fourth-order valence-electron chi connectivity index (χ4n) is 3.21. The molecule has 1 aromatic carbocycles. The normalized spacial score (nSPS) is 18.7. The van der Waals surface area contributed by atoms with Crippen LogP contribution in [-0.4, -0.2) is 12.6 Å². The third-order valence-electron chi connectivity index (χ3n) is 4.27. The summed E-state index contributed by atoms with van der Waals surface area (Å²) in [6.45, 7) is 5.20. The first-order chi connectivity index (χ1) is 9.18. The molecule has 0 aliphatic heterocycles. The van der Waals surface area contributed by atoms with E-state index in [1.165, 1.54) is 32.1 Å². The molecule has 1 fully saturated rings. The lowest BCUT2D eigenvalue weighted by Gasteiger charge is -2.31. The maximum Gasteiger partial charge on any atom is 0.126 e. The van der Waals surface area contributed by atoms with Gasteiger partial charge in [-0.2, -0.15) is 0 Å². The molecule has 0 aromatic heterocycles. The molecule has 1 nitrogen and oxygen atoms in total. The predicted octanol–water partition coefficient (Wildman–Crippen LogP) is 4.49. The number of benzene rings is 1. The van der Waals surface area contributed by atoms with Crippen LogP contribution in [0.2, 0.25) is 0 Å². The summed E-state index contributed by atoms with van der Waals surface area (Å²) in [5, 5.41) is 3.50. The van der Waals surface area contributed by atoms with E-state index in [4.69, 9.17) is 0 Å². The number of hydrogen-bond donors (Lipinski definition) is 1. The van der Waals surface area contributed by atoms with Crippen molar-refractivity contribution >= 4 is 0 Å². The maximum atomic E-state index is 14.1. The third kappa shape index (κ3) is 4.04. The molecule has 0 saturated heterocycles. The predicted molar refractivity (Wildman–Crippen MR) is 78.9 cm³/mol. The highest BCUT2D eigenvalue weighted by Gasteiger charge is 2.26. The Morgan fingerprint density at radius 2 is 1.84 bits per heavy atom. The number of hydrogen-bond acceptors (Lipinski definition) is 1. The van der Waals surface area contributed by atoms with E-state index in [1.54, 1.807) is 12.1 Å². The topological polar surface area (TPSA) is 12.0 Å². The average Bonchev–Trinajstić information content (AvgIpc) is 2.42. The summed E-state index contributed by atoms with van der Waals surface area (Å²) in [5.74, 6) is 0.921. The van der Waals surface area contributed by atoms with Crippen molar-refractivity contribution in [3.63, 3.8) is 0 Å². The van der Waals surface area contributed by atoms with Crippen LogP contribution in [0, 0.1) is 11.7 Å². The Hall–Kier alpha value is -0.890. The summed E-state index contributed by atoms with van der Waals surface area (Å²) in [6.07, 6.45) is 6.45. The van der Waals surface area contributed by atoms with Crippen LogP contribution in [0.1, 0.15) is 57.4 Å². The van der Waals surface area contributed by atoms with Crippen molar-refractivity contribution in [2.75, 3.05) is 6.54 Å². The molecule has 0 bridgehead atoms. The second kappa shape index (κ2) is 7.04. The van der Waals surface area contributed by atoms with Crippen molar-refractivity contribution < 1.29 is 4.39 Å². The average molecular weight is 263 g/mol. The number of rotatable bonds is 5. The Labute approximate surface area is 116 Å². The van der Waals surface area contributed by atoms with Gasteiger partial charge < -0.3 is 5.32 Å². The minimum absolute atomic E-state index is 0.0383. The first kappa shape index (κ1) is 14.5. The molecule has 0 amide bonds. The number of halogens is 1. The zero-order valence-electron chi connectivity index (χ0n) is 12.2. The zero-order chi connectivity index (χ0) is 13.7. The van der Waals surface area contributed by atoms with Crippen molar-refractivity contribution in [3.05, 3.63) is 35.6 Å². The maximum absolute atomic E-state index is 14.1. The summed E-state index contributed by atoms with van der Waals surface area (Å²) in [7, 11) is 0. The van der Waals surface area contributed by atoms with Crippen LogP contribution >= 0.6 is 0 Å². The lowest BCUT2D eigenvalue weighted by atomic mass is 9.76. The van der Waals surface area contributed by atoms with Crippen molar-refractivity contribution in [1.82, 2.24) is 5.32 Å². The van der Waals surface area contributed by atoms with Crippen LogP contribution in [0.3, 0.4) is 0 Å². The van der Waals surface area contributed by atoms with E-state index >= 15 is 0 Å². The van der Waals surface area contributed by atoms with Crippen molar-refractivity contribution in [2.45, 2.75) is 57.9 Å². The highest BCUT2D eigenvalue weighted by molar-refractivity contribution is 5.23. The summed E-state index contributed by atoms with van der Waals surface area (Å²) in [6, 6.07) is 7.77. The largest absolute Gasteiger partial charge is 0.314 e. The van der Waals surface area contributed by atoms with E-state index in [-0.39, 0.29) is 5.82 Å². The van der Waals surface area contributed by atoms with Gasteiger partial charge in [0.1, 0.15) is 5.82 Å². The van der Waals surface area contributed by atoms with Gasteiger partial charge in [-0.25, -0.2) is 4.39 Å². The van der Waals surface area contributed by atoms with Gasteiger partial charge in [0.05, 0.1) is 0 Å². The molecule has 1 aliphatic carbocycles. The Morgan fingerprint density at radius 1 is 1.16 bits per heavy atom. The van der Waals surface area contributed by atoms with Gasteiger partial charge in [0, 0.05) is 18.5 Å². The molecule has 0 spiro atoms. The van der Waals surface area contributed by atoms with Gasteiger partial charge in [-0.05, 0) is 30.4 Å². The van der Waals surface area contributed by atoms with E-state index in [2.05, 4.69) is 19.2 Å². The van der Waals surface area contributed by atoms with E-state index in [0.29, 0.717) is 17.9 Å². The smallest absolute Gasteiger partial charge is 0.126 e. The molecule has 1 atom stereocenters.